The minimum Gasteiger partial charge on any atom is -0.0914 e. The van der Waals surface area contributed by atoms with Crippen molar-refractivity contribution in [2.24, 2.45) is 5.41 Å². The molecule has 1 saturated heterocycles. The molecule has 0 aromatic heterocycles. The van der Waals surface area contributed by atoms with Crippen LogP contribution in [0.5, 0.6) is 0 Å². The molecular formula is C12H18P2S. The van der Waals surface area contributed by atoms with Crippen molar-refractivity contribution in [3.8, 4) is 0 Å². The van der Waals surface area contributed by atoms with Crippen LogP contribution in [0.2, 0.25) is 0 Å². The molecule has 4 atom stereocenters. The Hall–Kier alpha value is 0.560. The van der Waals surface area contributed by atoms with Crippen LogP contribution in [0.4, 0.5) is 0 Å². The summed E-state index contributed by atoms with van der Waals surface area (Å²) in [6, 6.07) is 0. The third-order valence-electron chi connectivity index (χ3n) is 4.72. The van der Waals surface area contributed by atoms with Crippen molar-refractivity contribution in [2.45, 2.75) is 33.4 Å². The largest absolute Gasteiger partial charge is 0.0914 e. The Kier molecular flexibility index (Phi) is 2.04. The van der Waals surface area contributed by atoms with E-state index in [4.69, 9.17) is 11.8 Å². The van der Waals surface area contributed by atoms with E-state index in [2.05, 4.69) is 33.5 Å². The summed E-state index contributed by atoms with van der Waals surface area (Å²) < 4.78 is 0. The Morgan fingerprint density at radius 3 is 2.80 bits per heavy atom. The van der Waals surface area contributed by atoms with Gasteiger partial charge in [-0.15, -0.1) is 0 Å². The highest BCUT2D eigenvalue weighted by molar-refractivity contribution is 8.54. The average molecular weight is 256 g/mol. The first-order chi connectivity index (χ1) is 6.89. The van der Waals surface area contributed by atoms with Gasteiger partial charge in [-0.05, 0) is 40.3 Å². The molecule has 0 aliphatic carbocycles. The zero-order chi connectivity index (χ0) is 11.0. The maximum Gasteiger partial charge on any atom is 0.0227 e. The van der Waals surface area contributed by atoms with E-state index in [1.807, 2.05) is 0 Å². The van der Waals surface area contributed by atoms with Gasteiger partial charge in [0, 0.05) is 17.2 Å². The lowest BCUT2D eigenvalue weighted by atomic mass is 9.79. The van der Waals surface area contributed by atoms with E-state index >= 15 is 0 Å². The van der Waals surface area contributed by atoms with E-state index < -0.39 is 5.73 Å². The van der Waals surface area contributed by atoms with Crippen LogP contribution in [0.15, 0.2) is 22.5 Å². The van der Waals surface area contributed by atoms with Gasteiger partial charge in [-0.1, -0.05) is 41.3 Å². The van der Waals surface area contributed by atoms with Crippen LogP contribution >= 0.6 is 13.3 Å². The molecule has 3 heteroatoms. The second kappa shape index (κ2) is 2.87. The molecule has 0 unspecified atom stereocenters. The van der Waals surface area contributed by atoms with Gasteiger partial charge in [0.1, 0.15) is 0 Å². The third-order valence-corrected chi connectivity index (χ3v) is 17.4. The normalized spacial score (nSPS) is 52.4. The molecule has 0 saturated carbocycles. The summed E-state index contributed by atoms with van der Waals surface area (Å²) in [5, 5.41) is 0. The first-order valence-electron chi connectivity index (χ1n) is 5.60. The van der Waals surface area contributed by atoms with Gasteiger partial charge in [0.25, 0.3) is 0 Å². The highest BCUT2D eigenvalue weighted by Gasteiger charge is 2.61. The molecule has 3 rings (SSSR count). The lowest BCUT2D eigenvalue weighted by Gasteiger charge is -2.36. The number of hydrogen-bond acceptors (Lipinski definition) is 1. The summed E-state index contributed by atoms with van der Waals surface area (Å²) in [7, 11) is 0.0898. The van der Waals surface area contributed by atoms with Gasteiger partial charge in [-0.2, -0.15) is 0 Å². The van der Waals surface area contributed by atoms with Crippen LogP contribution in [-0.4, -0.2) is 18.0 Å². The molecule has 15 heavy (non-hydrogen) atoms. The lowest BCUT2D eigenvalue weighted by molar-refractivity contribution is 0.475. The third kappa shape index (κ3) is 1.06. The van der Waals surface area contributed by atoms with Gasteiger partial charge in [0.05, 0.1) is 0 Å². The van der Waals surface area contributed by atoms with Gasteiger partial charge in [0.15, 0.2) is 0 Å². The molecule has 0 amide bonds. The predicted octanol–water partition coefficient (Wildman–Crippen LogP) is 4.52. The second-order valence-electron chi connectivity index (χ2n) is 5.61. The van der Waals surface area contributed by atoms with Crippen LogP contribution < -0.4 is 0 Å². The smallest absolute Gasteiger partial charge is 0.0227 e. The summed E-state index contributed by atoms with van der Waals surface area (Å²) in [6.45, 7) is 9.48. The molecule has 0 aromatic carbocycles. The fourth-order valence-corrected chi connectivity index (χ4v) is 18.5. The molecule has 0 N–H and O–H groups in total. The van der Waals surface area contributed by atoms with Crippen LogP contribution in [0.3, 0.4) is 0 Å². The van der Waals surface area contributed by atoms with Crippen molar-refractivity contribution < 1.29 is 0 Å². The zero-order valence-electron chi connectivity index (χ0n) is 9.87. The number of hydrogen-bond donors (Lipinski definition) is 0. The predicted molar refractivity (Wildman–Crippen MR) is 75.0 cm³/mol. The van der Waals surface area contributed by atoms with Crippen LogP contribution in [0, 0.1) is 5.41 Å². The molecular weight excluding hydrogens is 238 g/mol. The molecule has 0 spiro atoms. The second-order valence-corrected chi connectivity index (χ2v) is 15.9. The number of allylic oxidation sites excluding steroid dienone is 3. The quantitative estimate of drug-likeness (QED) is 0.453. The van der Waals surface area contributed by atoms with Crippen molar-refractivity contribution in [1.82, 2.24) is 0 Å². The number of rotatable bonds is 0. The van der Waals surface area contributed by atoms with Gasteiger partial charge < -0.3 is 0 Å². The zero-order valence-corrected chi connectivity index (χ0v) is 12.5. The lowest BCUT2D eigenvalue weighted by Crippen LogP contribution is -2.29. The summed E-state index contributed by atoms with van der Waals surface area (Å²) in [5.74, 6) is 2.58. The van der Waals surface area contributed by atoms with Gasteiger partial charge in [-0.25, -0.2) is 0 Å². The van der Waals surface area contributed by atoms with Crippen molar-refractivity contribution >= 4 is 25.1 Å². The Labute approximate surface area is 98.9 Å². The average Bonchev–Trinajstić information content (AvgIpc) is 2.61. The number of fused-ring (bicyclic) bond motifs is 5. The molecule has 0 radical (unpaired) electrons. The first-order valence-corrected chi connectivity index (χ1v) is 11.0. The fourth-order valence-electron chi connectivity index (χ4n) is 3.65. The Balaban J connectivity index is 2.22. The van der Waals surface area contributed by atoms with E-state index in [-0.39, 0.29) is 7.61 Å². The van der Waals surface area contributed by atoms with Crippen LogP contribution in [-0.2, 0) is 11.8 Å². The molecule has 3 aliphatic rings. The van der Waals surface area contributed by atoms with Crippen LogP contribution in [0.1, 0.15) is 27.7 Å². The van der Waals surface area contributed by atoms with E-state index in [0.717, 1.165) is 5.66 Å². The molecule has 3 aliphatic heterocycles. The topological polar surface area (TPSA) is 0 Å². The molecule has 0 nitrogen and oxygen atoms in total. The summed E-state index contributed by atoms with van der Waals surface area (Å²) in [4.78, 5) is 0. The first kappa shape index (κ1) is 10.7. The molecule has 82 valence electrons. The van der Waals surface area contributed by atoms with Crippen molar-refractivity contribution in [1.29, 1.82) is 0 Å². The maximum atomic E-state index is 6.14. The summed E-state index contributed by atoms with van der Waals surface area (Å²) in [6.07, 6.45) is 2.71. The summed E-state index contributed by atoms with van der Waals surface area (Å²) in [5.41, 5.74) is 5.13. The van der Waals surface area contributed by atoms with Crippen molar-refractivity contribution in [2.75, 3.05) is 12.3 Å². The Morgan fingerprint density at radius 1 is 1.47 bits per heavy atom. The molecule has 2 bridgehead atoms. The van der Waals surface area contributed by atoms with E-state index in [9.17, 15) is 0 Å². The van der Waals surface area contributed by atoms with E-state index in [1.165, 1.54) is 12.3 Å². The Morgan fingerprint density at radius 2 is 2.13 bits per heavy atom. The highest BCUT2D eigenvalue weighted by atomic mass is 32.6. The van der Waals surface area contributed by atoms with Crippen molar-refractivity contribution in [3.63, 3.8) is 0 Å². The van der Waals surface area contributed by atoms with Crippen LogP contribution in [0.25, 0.3) is 0 Å². The minimum atomic E-state index is -1.06. The van der Waals surface area contributed by atoms with Gasteiger partial charge in [0.2, 0.25) is 0 Å². The monoisotopic (exact) mass is 256 g/mol. The fraction of sp³-hybridized carbons (Fsp3) is 0.667. The molecule has 0 aromatic rings. The standard InChI is InChI=1S/C12H18P2S/c1-8-6-14(15)11(10(8)3)12(4)7-13(14)5-9(12)2/h5,11H,6-7H2,1-4H3/t11-,12+,13+,14+/m0/s1. The molecule has 3 heterocycles. The highest BCUT2D eigenvalue weighted by Crippen LogP contribution is 2.94. The van der Waals surface area contributed by atoms with Gasteiger partial charge in [-0.3, -0.25) is 0 Å². The van der Waals surface area contributed by atoms with Gasteiger partial charge >= 0.3 is 0 Å². The van der Waals surface area contributed by atoms with E-state index in [1.54, 1.807) is 16.7 Å². The Bertz CT molecular complexity index is 460. The summed E-state index contributed by atoms with van der Waals surface area (Å²) >= 11 is 6.14. The van der Waals surface area contributed by atoms with Crippen molar-refractivity contribution in [3.05, 3.63) is 22.5 Å². The van der Waals surface area contributed by atoms with E-state index in [0.29, 0.717) is 5.41 Å². The molecule has 1 fully saturated rings. The minimum absolute atomic E-state index is 0.0898. The maximum absolute atomic E-state index is 6.14. The SMILES string of the molecule is CC1=C[P@]2C[C@@]1(C)[C@@H]1C(C)=C(C)C[P@@]12=S.